The summed E-state index contributed by atoms with van der Waals surface area (Å²) in [5, 5.41) is 8.75. The number of fused-ring (bicyclic) bond motifs is 1. The van der Waals surface area contributed by atoms with Crippen molar-refractivity contribution in [3.63, 3.8) is 0 Å². The van der Waals surface area contributed by atoms with E-state index in [4.69, 9.17) is 11.6 Å². The van der Waals surface area contributed by atoms with Crippen molar-refractivity contribution in [1.29, 1.82) is 0 Å². The number of carbonyl (C=O) groups is 3. The van der Waals surface area contributed by atoms with E-state index in [0.717, 1.165) is 11.1 Å². The van der Waals surface area contributed by atoms with Gasteiger partial charge in [-0.25, -0.2) is 13.2 Å². The van der Waals surface area contributed by atoms with Gasteiger partial charge < -0.3 is 10.0 Å². The van der Waals surface area contributed by atoms with Crippen LogP contribution in [0.25, 0.3) is 0 Å². The van der Waals surface area contributed by atoms with Crippen LogP contribution in [-0.4, -0.2) is 65.0 Å². The molecule has 26 heavy (non-hydrogen) atoms. The van der Waals surface area contributed by atoms with Gasteiger partial charge in [-0.15, -0.1) is 0 Å². The summed E-state index contributed by atoms with van der Waals surface area (Å²) >= 11 is 5.75. The van der Waals surface area contributed by atoms with E-state index < -0.39 is 37.9 Å². The second-order valence-corrected chi connectivity index (χ2v) is 9.28. The second kappa shape index (κ2) is 6.17. The Morgan fingerprint density at radius 2 is 2.00 bits per heavy atom. The molecule has 1 aromatic carbocycles. The minimum atomic E-state index is -3.98. The van der Waals surface area contributed by atoms with Crippen LogP contribution in [-0.2, 0) is 19.4 Å². The number of benzene rings is 1. The zero-order valence-corrected chi connectivity index (χ0v) is 15.2. The van der Waals surface area contributed by atoms with Gasteiger partial charge in [-0.1, -0.05) is 11.6 Å². The first-order valence-corrected chi connectivity index (χ1v) is 9.59. The van der Waals surface area contributed by atoms with Gasteiger partial charge in [0.15, 0.2) is 21.7 Å². The molecule has 0 unspecified atom stereocenters. The van der Waals surface area contributed by atoms with Crippen LogP contribution in [0.15, 0.2) is 29.3 Å². The van der Waals surface area contributed by atoms with Crippen molar-refractivity contribution >= 4 is 45.3 Å². The Balaban J connectivity index is 1.85. The number of carboxylic acid groups (broad SMARTS) is 1. The number of hydrogen-bond acceptors (Lipinski definition) is 6. The van der Waals surface area contributed by atoms with E-state index >= 15 is 0 Å². The number of β-lactam (4-membered cyclic amide) rings is 1. The molecule has 138 valence electrons. The lowest BCUT2D eigenvalue weighted by atomic mass is 9.97. The summed E-state index contributed by atoms with van der Waals surface area (Å²) in [6.07, 6.45) is 0.736. The van der Waals surface area contributed by atoms with E-state index in [9.17, 15) is 27.9 Å². The number of Topliss-reactive ketones (excluding diaryl/α,β-unsaturated/α-hetero) is 1. The summed E-state index contributed by atoms with van der Waals surface area (Å²) < 4.78 is 23.5. The number of aliphatic imine (C=N–C) groups is 1. The Morgan fingerprint density at radius 1 is 1.38 bits per heavy atom. The molecule has 2 aliphatic heterocycles. The van der Waals surface area contributed by atoms with Crippen LogP contribution in [0, 0.1) is 0 Å². The number of carboxylic acids is 1. The first-order chi connectivity index (χ1) is 12.1. The van der Waals surface area contributed by atoms with Crippen molar-refractivity contribution < 1.29 is 27.9 Å². The number of rotatable bonds is 5. The molecule has 2 fully saturated rings. The Bertz CT molecular complexity index is 927. The Kier molecular flexibility index (Phi) is 4.40. The summed E-state index contributed by atoms with van der Waals surface area (Å²) in [5.74, 6) is -2.33. The van der Waals surface area contributed by atoms with Crippen molar-refractivity contribution in [2.75, 3.05) is 6.54 Å². The van der Waals surface area contributed by atoms with Crippen LogP contribution in [0.3, 0.4) is 0 Å². The molecule has 2 saturated heterocycles. The van der Waals surface area contributed by atoms with E-state index in [1.807, 2.05) is 0 Å². The van der Waals surface area contributed by atoms with E-state index in [2.05, 4.69) is 4.99 Å². The molecule has 2 heterocycles. The van der Waals surface area contributed by atoms with Gasteiger partial charge in [0.25, 0.3) is 0 Å². The molecule has 3 rings (SSSR count). The van der Waals surface area contributed by atoms with Crippen molar-refractivity contribution in [2.24, 2.45) is 4.99 Å². The van der Waals surface area contributed by atoms with E-state index in [1.54, 1.807) is 0 Å². The largest absolute Gasteiger partial charge is 0.480 e. The van der Waals surface area contributed by atoms with Crippen LogP contribution in [0.4, 0.5) is 0 Å². The first kappa shape index (κ1) is 18.5. The Hall–Kier alpha value is -2.26. The van der Waals surface area contributed by atoms with Gasteiger partial charge >= 0.3 is 5.97 Å². The third-order valence-corrected chi connectivity index (χ3v) is 7.64. The lowest BCUT2D eigenvalue weighted by Gasteiger charge is -2.35. The average molecular weight is 399 g/mol. The number of ketones is 1. The molecule has 1 amide bonds. The molecule has 0 bridgehead atoms. The fourth-order valence-electron chi connectivity index (χ4n) is 3.24. The van der Waals surface area contributed by atoms with Crippen LogP contribution >= 0.6 is 11.6 Å². The molecule has 10 heteroatoms. The van der Waals surface area contributed by atoms with Gasteiger partial charge in [0.05, 0.1) is 6.42 Å². The highest BCUT2D eigenvalue weighted by Crippen LogP contribution is 2.45. The molecule has 0 radical (unpaired) electrons. The molecule has 3 atom stereocenters. The number of amides is 1. The summed E-state index contributed by atoms with van der Waals surface area (Å²) in [5.41, 5.74) is 0.347. The van der Waals surface area contributed by atoms with Gasteiger partial charge in [0, 0.05) is 16.8 Å². The lowest BCUT2D eigenvalue weighted by molar-refractivity contribution is -0.156. The van der Waals surface area contributed by atoms with Gasteiger partial charge in [0.2, 0.25) is 5.91 Å². The number of aliphatic carboxylic acids is 1. The maximum absolute atomic E-state index is 12.7. The molecule has 0 aliphatic carbocycles. The monoisotopic (exact) mass is 398 g/mol. The normalized spacial score (nSPS) is 29.5. The predicted molar refractivity (Wildman–Crippen MR) is 93.1 cm³/mol. The summed E-state index contributed by atoms with van der Waals surface area (Å²) in [4.78, 5) is 40.1. The van der Waals surface area contributed by atoms with Crippen molar-refractivity contribution in [2.45, 2.75) is 29.5 Å². The van der Waals surface area contributed by atoms with Gasteiger partial charge in [-0.3, -0.25) is 14.6 Å². The molecular weight excluding hydrogens is 384 g/mol. The fraction of sp³-hybridized carbons (Fsp3) is 0.375. The van der Waals surface area contributed by atoms with Crippen molar-refractivity contribution in [1.82, 2.24) is 4.90 Å². The molecule has 2 aliphatic rings. The van der Waals surface area contributed by atoms with Crippen molar-refractivity contribution in [3.8, 4) is 0 Å². The van der Waals surface area contributed by atoms with E-state index in [-0.39, 0.29) is 18.7 Å². The second-order valence-electron chi connectivity index (χ2n) is 6.33. The number of hydrogen-bond donors (Lipinski definition) is 1. The molecule has 0 spiro atoms. The van der Waals surface area contributed by atoms with Gasteiger partial charge in [-0.05, 0) is 31.2 Å². The molecule has 0 saturated carbocycles. The maximum Gasteiger partial charge on any atom is 0.328 e. The van der Waals surface area contributed by atoms with Crippen LogP contribution in [0.2, 0.25) is 5.02 Å². The van der Waals surface area contributed by atoms with Crippen LogP contribution in [0.5, 0.6) is 0 Å². The lowest BCUT2D eigenvalue weighted by Crippen LogP contribution is -2.57. The minimum absolute atomic E-state index is 0.237. The van der Waals surface area contributed by atoms with Gasteiger partial charge in [0.1, 0.15) is 16.7 Å². The fourth-order valence-corrected chi connectivity index (χ4v) is 5.60. The first-order valence-electron chi connectivity index (χ1n) is 7.67. The minimum Gasteiger partial charge on any atom is -0.480 e. The summed E-state index contributed by atoms with van der Waals surface area (Å²) in [7, 11) is -3.98. The van der Waals surface area contributed by atoms with Crippen LogP contribution in [0.1, 0.15) is 23.7 Å². The number of nitrogens with zero attached hydrogens (tertiary/aromatic N) is 2. The molecule has 8 nitrogen and oxygen atoms in total. The standard InChI is InChI=1S/C16H15ClN2O6S/c1-16(8-18-7-11(20)9-2-4-10(17)5-3-9)14(15(22)23)19-12(21)6-13(19)26(16,24)25/h2-5,8,13-14H,6-7H2,1H3,(H,22,23)/t13-,14+,16+/m1/s1. The quantitative estimate of drug-likeness (QED) is 0.444. The molecular formula is C16H15ClN2O6S. The van der Waals surface area contributed by atoms with E-state index in [0.29, 0.717) is 10.6 Å². The van der Waals surface area contributed by atoms with Crippen LogP contribution < -0.4 is 0 Å². The Morgan fingerprint density at radius 3 is 2.54 bits per heavy atom. The predicted octanol–water partition coefficient (Wildman–Crippen LogP) is 0.792. The SMILES string of the molecule is C[C@]1(C=NCC(=O)c2ccc(Cl)cc2)[C@H](C(=O)O)N2C(=O)C[C@H]2S1(=O)=O. The summed E-state index contributed by atoms with van der Waals surface area (Å²) in [6, 6.07) is 4.54. The smallest absolute Gasteiger partial charge is 0.328 e. The van der Waals surface area contributed by atoms with Gasteiger partial charge in [-0.2, -0.15) is 0 Å². The number of carbonyl (C=O) groups excluding carboxylic acids is 2. The van der Waals surface area contributed by atoms with E-state index in [1.165, 1.54) is 31.2 Å². The van der Waals surface area contributed by atoms with Crippen molar-refractivity contribution in [3.05, 3.63) is 34.9 Å². The number of sulfone groups is 1. The average Bonchev–Trinajstić information content (AvgIpc) is 2.70. The zero-order chi connectivity index (χ0) is 19.3. The number of halogens is 1. The molecule has 1 N–H and O–H groups in total. The highest BCUT2D eigenvalue weighted by molar-refractivity contribution is 7.94. The summed E-state index contributed by atoms with van der Waals surface area (Å²) in [6.45, 7) is 0.862. The third kappa shape index (κ3) is 2.62. The Labute approximate surface area is 154 Å². The molecule has 0 aromatic heterocycles. The maximum atomic E-state index is 12.7. The topological polar surface area (TPSA) is 121 Å². The molecule has 1 aromatic rings. The third-order valence-electron chi connectivity index (χ3n) is 4.72. The highest BCUT2D eigenvalue weighted by Gasteiger charge is 2.69. The zero-order valence-electron chi connectivity index (χ0n) is 13.6. The highest BCUT2D eigenvalue weighted by atomic mass is 35.5.